The molecule has 0 aliphatic rings. The Morgan fingerprint density at radius 2 is 1.86 bits per heavy atom. The third-order valence-corrected chi connectivity index (χ3v) is 7.05. The van der Waals surface area contributed by atoms with E-state index in [-0.39, 0.29) is 14.9 Å². The summed E-state index contributed by atoms with van der Waals surface area (Å²) in [5.41, 5.74) is -1.31. The maximum atomic E-state index is 13.2. The first-order chi connectivity index (χ1) is 13.1. The number of carbonyl (C=O) groups excluding carboxylic acids is 1. The Bertz CT molecular complexity index is 1110. The predicted octanol–water partition coefficient (Wildman–Crippen LogP) is 5.05. The first-order valence-corrected chi connectivity index (χ1v) is 10.8. The largest absolute Gasteiger partial charge is 0.436 e. The molecule has 0 saturated carbocycles. The Kier molecular flexibility index (Phi) is 5.66. The van der Waals surface area contributed by atoms with E-state index in [9.17, 15) is 26.4 Å². The lowest BCUT2D eigenvalue weighted by atomic mass is 10.4. The van der Waals surface area contributed by atoms with Crippen LogP contribution in [0.4, 0.5) is 23.0 Å². The van der Waals surface area contributed by atoms with Crippen LogP contribution in [0.1, 0.15) is 5.69 Å². The van der Waals surface area contributed by atoms with Crippen molar-refractivity contribution < 1.29 is 26.4 Å². The zero-order chi connectivity index (χ0) is 20.5. The van der Waals surface area contributed by atoms with E-state index in [1.54, 1.807) is 22.2 Å². The number of hydrogen-bond acceptors (Lipinski definition) is 6. The summed E-state index contributed by atoms with van der Waals surface area (Å²) in [5.74, 6) is 0. The molecule has 0 saturated heterocycles. The Morgan fingerprint density at radius 1 is 1.14 bits per heavy atom. The summed E-state index contributed by atoms with van der Waals surface area (Å²) in [7, 11) is -4.38. The highest BCUT2D eigenvalue weighted by Gasteiger charge is 2.38. The summed E-state index contributed by atoms with van der Waals surface area (Å²) in [6.45, 7) is 0. The fourth-order valence-corrected chi connectivity index (χ4v) is 5.28. The monoisotopic (exact) mass is 467 g/mol. The average Bonchev–Trinajstić information content (AvgIpc) is 3.23. The third-order valence-electron chi connectivity index (χ3n) is 3.21. The highest BCUT2D eigenvalue weighted by molar-refractivity contribution is 7.90. The van der Waals surface area contributed by atoms with Gasteiger partial charge in [0, 0.05) is 0 Å². The van der Waals surface area contributed by atoms with Gasteiger partial charge in [-0.1, -0.05) is 41.1 Å². The SMILES string of the molecule is O=C(Nc1sc(-c2cccs2)nc1C(F)(F)F)NS(=O)(=O)c1ccccc1Cl. The van der Waals surface area contributed by atoms with E-state index in [4.69, 9.17) is 11.6 Å². The normalized spacial score (nSPS) is 12.0. The molecule has 2 heterocycles. The Balaban J connectivity index is 1.87. The van der Waals surface area contributed by atoms with E-state index in [1.165, 1.54) is 29.5 Å². The minimum Gasteiger partial charge on any atom is -0.297 e. The van der Waals surface area contributed by atoms with Gasteiger partial charge in [-0.05, 0) is 23.6 Å². The first-order valence-electron chi connectivity index (χ1n) is 7.28. The number of carbonyl (C=O) groups is 1. The minimum absolute atomic E-state index is 0.0478. The lowest BCUT2D eigenvalue weighted by Crippen LogP contribution is -2.34. The van der Waals surface area contributed by atoms with Crippen LogP contribution in [0.5, 0.6) is 0 Å². The third kappa shape index (κ3) is 4.46. The highest BCUT2D eigenvalue weighted by Crippen LogP contribution is 2.42. The Hall–Kier alpha value is -2.15. The molecule has 1 aromatic carbocycles. The average molecular weight is 468 g/mol. The van der Waals surface area contributed by atoms with Gasteiger partial charge in [0.05, 0.1) is 9.90 Å². The van der Waals surface area contributed by atoms with Gasteiger partial charge in [-0.3, -0.25) is 5.32 Å². The zero-order valence-corrected chi connectivity index (χ0v) is 16.7. The molecule has 2 aromatic heterocycles. The minimum atomic E-state index is -4.84. The molecule has 0 atom stereocenters. The molecule has 0 radical (unpaired) electrons. The molecule has 2 amide bonds. The van der Waals surface area contributed by atoms with Gasteiger partial charge in [0.1, 0.15) is 14.9 Å². The van der Waals surface area contributed by atoms with E-state index in [0.717, 1.165) is 6.07 Å². The molecule has 0 bridgehead atoms. The second kappa shape index (κ2) is 7.70. The first kappa shape index (κ1) is 20.6. The standard InChI is InChI=1S/C15H9ClF3N3O3S3/c16-8-4-1-2-6-10(8)28(24,25)22-14(23)21-13-11(15(17,18)19)20-12(27-13)9-5-3-7-26-9/h1-7H,(H2,21,22,23). The number of thiazole rings is 1. The molecular formula is C15H9ClF3N3O3S3. The highest BCUT2D eigenvalue weighted by atomic mass is 35.5. The maximum absolute atomic E-state index is 13.2. The van der Waals surface area contributed by atoms with Crippen molar-refractivity contribution in [2.75, 3.05) is 5.32 Å². The number of thiophene rings is 1. The quantitative estimate of drug-likeness (QED) is 0.561. The van der Waals surface area contributed by atoms with Crippen molar-refractivity contribution in [2.24, 2.45) is 0 Å². The number of nitrogens with zero attached hydrogens (tertiary/aromatic N) is 1. The van der Waals surface area contributed by atoms with Gasteiger partial charge in [-0.15, -0.1) is 11.3 Å². The molecule has 3 aromatic rings. The van der Waals surface area contributed by atoms with E-state index in [1.807, 2.05) is 5.32 Å². The molecule has 0 spiro atoms. The number of hydrogen-bond donors (Lipinski definition) is 2. The van der Waals surface area contributed by atoms with Crippen LogP contribution in [0, 0.1) is 0 Å². The Labute approximate surface area is 170 Å². The van der Waals surface area contributed by atoms with E-state index in [2.05, 4.69) is 4.98 Å². The van der Waals surface area contributed by atoms with Gasteiger partial charge in [-0.25, -0.2) is 22.9 Å². The van der Waals surface area contributed by atoms with Crippen molar-refractivity contribution in [1.29, 1.82) is 0 Å². The smallest absolute Gasteiger partial charge is 0.297 e. The number of sulfonamides is 1. The summed E-state index contributed by atoms with van der Waals surface area (Å²) < 4.78 is 65.9. The zero-order valence-electron chi connectivity index (χ0n) is 13.5. The van der Waals surface area contributed by atoms with E-state index < -0.39 is 32.9 Å². The van der Waals surface area contributed by atoms with Crippen LogP contribution in [0.25, 0.3) is 9.88 Å². The maximum Gasteiger partial charge on any atom is 0.436 e. The molecule has 0 aliphatic carbocycles. The summed E-state index contributed by atoms with van der Waals surface area (Å²) >= 11 is 7.55. The fraction of sp³-hybridized carbons (Fsp3) is 0.0667. The second-order valence-corrected chi connectivity index (χ2v) is 9.17. The fourth-order valence-electron chi connectivity index (χ4n) is 2.07. The van der Waals surface area contributed by atoms with Crippen LogP contribution >= 0.6 is 34.3 Å². The van der Waals surface area contributed by atoms with Gasteiger partial charge >= 0.3 is 12.2 Å². The summed E-state index contributed by atoms with van der Waals surface area (Å²) in [4.78, 5) is 15.7. The van der Waals surface area contributed by atoms with Crippen LogP contribution in [0.15, 0.2) is 46.7 Å². The molecular weight excluding hydrogens is 459 g/mol. The molecule has 0 fully saturated rings. The van der Waals surface area contributed by atoms with Crippen LogP contribution in [-0.2, 0) is 16.2 Å². The second-order valence-electron chi connectivity index (χ2n) is 5.16. The number of nitrogens with one attached hydrogen (secondary N) is 2. The molecule has 13 heteroatoms. The van der Waals surface area contributed by atoms with Gasteiger partial charge < -0.3 is 0 Å². The lowest BCUT2D eigenvalue weighted by molar-refractivity contribution is -0.140. The number of amides is 2. The van der Waals surface area contributed by atoms with Crippen molar-refractivity contribution in [1.82, 2.24) is 9.71 Å². The lowest BCUT2D eigenvalue weighted by Gasteiger charge is -2.10. The molecule has 3 rings (SSSR count). The number of urea groups is 1. The Morgan fingerprint density at radius 3 is 2.46 bits per heavy atom. The molecule has 0 unspecified atom stereocenters. The topological polar surface area (TPSA) is 88.2 Å². The molecule has 6 nitrogen and oxygen atoms in total. The van der Waals surface area contributed by atoms with Crippen LogP contribution in [-0.4, -0.2) is 19.4 Å². The molecule has 0 aliphatic heterocycles. The predicted molar refractivity (Wildman–Crippen MR) is 101 cm³/mol. The van der Waals surface area contributed by atoms with Crippen molar-refractivity contribution in [2.45, 2.75) is 11.1 Å². The van der Waals surface area contributed by atoms with Crippen molar-refractivity contribution >= 4 is 55.3 Å². The van der Waals surface area contributed by atoms with E-state index in [0.29, 0.717) is 16.2 Å². The molecule has 28 heavy (non-hydrogen) atoms. The van der Waals surface area contributed by atoms with Gasteiger partial charge in [0.2, 0.25) is 0 Å². The summed E-state index contributed by atoms with van der Waals surface area (Å²) in [6, 6.07) is 7.18. The van der Waals surface area contributed by atoms with E-state index >= 15 is 0 Å². The van der Waals surface area contributed by atoms with Crippen molar-refractivity contribution in [3.63, 3.8) is 0 Å². The van der Waals surface area contributed by atoms with Gasteiger partial charge in [-0.2, -0.15) is 13.2 Å². The van der Waals surface area contributed by atoms with Gasteiger partial charge in [0.15, 0.2) is 5.69 Å². The molecule has 2 N–H and O–H groups in total. The van der Waals surface area contributed by atoms with Crippen molar-refractivity contribution in [3.05, 3.63) is 52.5 Å². The molecule has 148 valence electrons. The number of halogens is 4. The van der Waals surface area contributed by atoms with Gasteiger partial charge in [0.25, 0.3) is 10.0 Å². The van der Waals surface area contributed by atoms with Crippen molar-refractivity contribution in [3.8, 4) is 9.88 Å². The number of anilines is 1. The number of rotatable bonds is 4. The summed E-state index contributed by atoms with van der Waals surface area (Å²) in [6.07, 6.45) is -4.84. The van der Waals surface area contributed by atoms with Crippen LogP contribution < -0.4 is 10.0 Å². The number of benzene rings is 1. The summed E-state index contributed by atoms with van der Waals surface area (Å²) in [5, 5.41) is 2.86. The number of aromatic nitrogens is 1. The van der Waals surface area contributed by atoms with Crippen LogP contribution in [0.2, 0.25) is 5.02 Å². The number of alkyl halides is 3. The van der Waals surface area contributed by atoms with Crippen LogP contribution in [0.3, 0.4) is 0 Å².